The minimum absolute atomic E-state index is 0.252. The smallest absolute Gasteiger partial charge is 0.123 e. The molecule has 121 valence electrons. The molecular formula is C20H24NO2. The Hall–Kier alpha value is -2.00. The summed E-state index contributed by atoms with van der Waals surface area (Å²) in [6.07, 6.45) is 3.32. The van der Waals surface area contributed by atoms with Crippen molar-refractivity contribution >= 4 is 0 Å². The molecule has 0 N–H and O–H groups in total. The molecule has 0 aliphatic carbocycles. The first-order chi connectivity index (χ1) is 11.4. The summed E-state index contributed by atoms with van der Waals surface area (Å²) in [5.41, 5.74) is 1.21. The maximum absolute atomic E-state index is 5.84. The van der Waals surface area contributed by atoms with Crippen LogP contribution in [0.1, 0.15) is 30.9 Å². The van der Waals surface area contributed by atoms with Crippen LogP contribution in [0.2, 0.25) is 0 Å². The molecule has 0 aromatic heterocycles. The number of ether oxygens (including phenoxy) is 2. The Morgan fingerprint density at radius 3 is 2.65 bits per heavy atom. The molecule has 23 heavy (non-hydrogen) atoms. The number of benzene rings is 2. The zero-order chi connectivity index (χ0) is 15.9. The Morgan fingerprint density at radius 2 is 1.83 bits per heavy atom. The lowest BCUT2D eigenvalue weighted by Gasteiger charge is -2.30. The highest BCUT2D eigenvalue weighted by molar-refractivity contribution is 5.36. The SMILES string of the molecule is COc1ccccc1C1CC(CCOc2ccccc2)CC[N]1. The quantitative estimate of drug-likeness (QED) is 0.800. The number of hydrogen-bond acceptors (Lipinski definition) is 2. The fourth-order valence-corrected chi connectivity index (χ4v) is 3.21. The summed E-state index contributed by atoms with van der Waals surface area (Å²) in [7, 11) is 1.73. The van der Waals surface area contributed by atoms with Crippen LogP contribution in [0.5, 0.6) is 11.5 Å². The first-order valence-electron chi connectivity index (χ1n) is 8.34. The molecule has 0 bridgehead atoms. The van der Waals surface area contributed by atoms with E-state index in [1.54, 1.807) is 7.11 Å². The first kappa shape index (κ1) is 15.9. The molecule has 1 aliphatic rings. The van der Waals surface area contributed by atoms with Gasteiger partial charge in [0, 0.05) is 12.1 Å². The Morgan fingerprint density at radius 1 is 1.04 bits per heavy atom. The van der Waals surface area contributed by atoms with Gasteiger partial charge in [-0.1, -0.05) is 36.4 Å². The average Bonchev–Trinajstić information content (AvgIpc) is 2.63. The molecule has 0 spiro atoms. The monoisotopic (exact) mass is 310 g/mol. The van der Waals surface area contributed by atoms with E-state index in [2.05, 4.69) is 12.1 Å². The third-order valence-corrected chi connectivity index (χ3v) is 4.48. The van der Waals surface area contributed by atoms with Gasteiger partial charge in [-0.15, -0.1) is 0 Å². The summed E-state index contributed by atoms with van der Waals surface area (Å²) >= 11 is 0. The van der Waals surface area contributed by atoms with E-state index >= 15 is 0 Å². The van der Waals surface area contributed by atoms with E-state index in [1.807, 2.05) is 42.5 Å². The number of piperidine rings is 1. The fourth-order valence-electron chi connectivity index (χ4n) is 3.21. The molecule has 1 radical (unpaired) electrons. The maximum atomic E-state index is 5.84. The van der Waals surface area contributed by atoms with Gasteiger partial charge in [-0.05, 0) is 43.4 Å². The van der Waals surface area contributed by atoms with Crippen molar-refractivity contribution in [3.63, 3.8) is 0 Å². The topological polar surface area (TPSA) is 32.6 Å². The van der Waals surface area contributed by atoms with Crippen LogP contribution in [-0.4, -0.2) is 20.3 Å². The Bertz CT molecular complexity index is 600. The molecule has 1 fully saturated rings. The number of rotatable bonds is 6. The van der Waals surface area contributed by atoms with Crippen LogP contribution < -0.4 is 14.8 Å². The van der Waals surface area contributed by atoms with E-state index < -0.39 is 0 Å². The average molecular weight is 310 g/mol. The molecule has 2 atom stereocenters. The summed E-state index contributed by atoms with van der Waals surface area (Å²) in [4.78, 5) is 0. The predicted octanol–water partition coefficient (Wildman–Crippen LogP) is 4.22. The lowest BCUT2D eigenvalue weighted by atomic mass is 9.86. The van der Waals surface area contributed by atoms with E-state index in [0.29, 0.717) is 5.92 Å². The highest BCUT2D eigenvalue weighted by Crippen LogP contribution is 2.34. The van der Waals surface area contributed by atoms with Crippen LogP contribution in [-0.2, 0) is 0 Å². The van der Waals surface area contributed by atoms with Crippen molar-refractivity contribution in [2.45, 2.75) is 25.3 Å². The molecule has 0 saturated carbocycles. The van der Waals surface area contributed by atoms with Gasteiger partial charge >= 0.3 is 0 Å². The van der Waals surface area contributed by atoms with Gasteiger partial charge in [0.2, 0.25) is 0 Å². The van der Waals surface area contributed by atoms with Gasteiger partial charge in [-0.3, -0.25) is 0 Å². The van der Waals surface area contributed by atoms with E-state index in [0.717, 1.165) is 43.9 Å². The van der Waals surface area contributed by atoms with Crippen molar-refractivity contribution in [2.75, 3.05) is 20.3 Å². The van der Waals surface area contributed by atoms with E-state index in [1.165, 1.54) is 5.56 Å². The molecule has 0 amide bonds. The summed E-state index contributed by atoms with van der Waals surface area (Å²) in [5, 5.41) is 4.80. The van der Waals surface area contributed by atoms with Crippen molar-refractivity contribution in [3.8, 4) is 11.5 Å². The second-order valence-corrected chi connectivity index (χ2v) is 6.00. The fraction of sp³-hybridized carbons (Fsp3) is 0.400. The maximum Gasteiger partial charge on any atom is 0.123 e. The molecule has 2 unspecified atom stereocenters. The van der Waals surface area contributed by atoms with Gasteiger partial charge in [-0.25, -0.2) is 5.32 Å². The van der Waals surface area contributed by atoms with Gasteiger partial charge in [0.15, 0.2) is 0 Å². The predicted molar refractivity (Wildman–Crippen MR) is 92.0 cm³/mol. The van der Waals surface area contributed by atoms with E-state index in [4.69, 9.17) is 14.8 Å². The highest BCUT2D eigenvalue weighted by atomic mass is 16.5. The van der Waals surface area contributed by atoms with Crippen molar-refractivity contribution in [1.82, 2.24) is 5.32 Å². The molecule has 3 heteroatoms. The van der Waals surface area contributed by atoms with E-state index in [9.17, 15) is 0 Å². The number of methoxy groups -OCH3 is 1. The van der Waals surface area contributed by atoms with Gasteiger partial charge in [0.1, 0.15) is 11.5 Å². The molecule has 3 nitrogen and oxygen atoms in total. The normalized spacial score (nSPS) is 20.9. The number of hydrogen-bond donors (Lipinski definition) is 0. The Labute approximate surface area is 138 Å². The minimum Gasteiger partial charge on any atom is -0.496 e. The first-order valence-corrected chi connectivity index (χ1v) is 8.34. The molecule has 1 saturated heterocycles. The largest absolute Gasteiger partial charge is 0.496 e. The zero-order valence-electron chi connectivity index (χ0n) is 13.7. The van der Waals surface area contributed by atoms with Crippen LogP contribution in [0.3, 0.4) is 0 Å². The van der Waals surface area contributed by atoms with Crippen molar-refractivity contribution in [2.24, 2.45) is 5.92 Å². The molecule has 2 aromatic rings. The molecule has 1 heterocycles. The summed E-state index contributed by atoms with van der Waals surface area (Å²) in [5.74, 6) is 2.56. The Kier molecular flexibility index (Phi) is 5.54. The molecule has 2 aromatic carbocycles. The lowest BCUT2D eigenvalue weighted by Crippen LogP contribution is -2.27. The van der Waals surface area contributed by atoms with Gasteiger partial charge < -0.3 is 9.47 Å². The van der Waals surface area contributed by atoms with Crippen molar-refractivity contribution in [3.05, 3.63) is 60.2 Å². The summed E-state index contributed by atoms with van der Waals surface area (Å²) < 4.78 is 11.3. The second kappa shape index (κ2) is 8.02. The Balaban J connectivity index is 1.54. The van der Waals surface area contributed by atoms with E-state index in [-0.39, 0.29) is 6.04 Å². The van der Waals surface area contributed by atoms with Crippen LogP contribution in [0, 0.1) is 5.92 Å². The third-order valence-electron chi connectivity index (χ3n) is 4.48. The standard InChI is InChI=1S/C20H24NO2/c1-22-20-10-6-5-9-18(20)19-15-16(11-13-21-19)12-14-23-17-7-3-2-4-8-17/h2-10,16,19H,11-15H2,1H3. The summed E-state index contributed by atoms with van der Waals surface area (Å²) in [6, 6.07) is 18.5. The molecule has 1 aliphatic heterocycles. The number of para-hydroxylation sites is 2. The van der Waals surface area contributed by atoms with Crippen molar-refractivity contribution < 1.29 is 9.47 Å². The highest BCUT2D eigenvalue weighted by Gasteiger charge is 2.25. The lowest BCUT2D eigenvalue weighted by molar-refractivity contribution is 0.225. The van der Waals surface area contributed by atoms with Crippen LogP contribution in [0.4, 0.5) is 0 Å². The minimum atomic E-state index is 0.252. The van der Waals surface area contributed by atoms with Gasteiger partial charge in [0.05, 0.1) is 19.8 Å². The summed E-state index contributed by atoms with van der Waals surface area (Å²) in [6.45, 7) is 1.70. The van der Waals surface area contributed by atoms with Gasteiger partial charge in [0.25, 0.3) is 0 Å². The molecule has 3 rings (SSSR count). The van der Waals surface area contributed by atoms with Gasteiger partial charge in [-0.2, -0.15) is 0 Å². The van der Waals surface area contributed by atoms with Crippen LogP contribution >= 0.6 is 0 Å². The van der Waals surface area contributed by atoms with Crippen LogP contribution in [0.25, 0.3) is 0 Å². The van der Waals surface area contributed by atoms with Crippen LogP contribution in [0.15, 0.2) is 54.6 Å². The zero-order valence-corrected chi connectivity index (χ0v) is 13.7. The van der Waals surface area contributed by atoms with Crippen molar-refractivity contribution in [1.29, 1.82) is 0 Å². The second-order valence-electron chi connectivity index (χ2n) is 6.00. The molecular weight excluding hydrogens is 286 g/mol. The number of nitrogens with zero attached hydrogens (tertiary/aromatic N) is 1. The third kappa shape index (κ3) is 4.26.